The number of aliphatic hydroxyl groups is 2. The van der Waals surface area contributed by atoms with Gasteiger partial charge >= 0.3 is 0 Å². The molecule has 1 unspecified atom stereocenters. The van der Waals surface area contributed by atoms with Gasteiger partial charge < -0.3 is 10.2 Å². The zero-order valence-electron chi connectivity index (χ0n) is 15.6. The number of hydrogen-bond acceptors (Lipinski definition) is 2. The highest BCUT2D eigenvalue weighted by molar-refractivity contribution is 5.33. The lowest BCUT2D eigenvalue weighted by molar-refractivity contribution is -0.177. The van der Waals surface area contributed by atoms with Crippen molar-refractivity contribution in [2.75, 3.05) is 6.61 Å². The third-order valence-corrected chi connectivity index (χ3v) is 8.73. The van der Waals surface area contributed by atoms with Gasteiger partial charge in [-0.3, -0.25) is 0 Å². The minimum absolute atomic E-state index is 0.00674. The largest absolute Gasteiger partial charge is 0.392 e. The average molecular weight is 331 g/mol. The van der Waals surface area contributed by atoms with Crippen molar-refractivity contribution in [2.24, 2.45) is 28.6 Å². The molecule has 0 heterocycles. The Morgan fingerprint density at radius 2 is 1.96 bits per heavy atom. The molecule has 4 rings (SSSR count). The van der Waals surface area contributed by atoms with Crippen LogP contribution in [0.3, 0.4) is 0 Å². The Labute approximate surface area is 147 Å². The molecular formula is C22H34O2. The lowest BCUT2D eigenvalue weighted by atomic mass is 9.45. The first-order chi connectivity index (χ1) is 11.3. The van der Waals surface area contributed by atoms with Crippen molar-refractivity contribution in [2.45, 2.75) is 77.7 Å². The van der Waals surface area contributed by atoms with Crippen LogP contribution in [0.4, 0.5) is 0 Å². The second-order valence-electron chi connectivity index (χ2n) is 9.65. The van der Waals surface area contributed by atoms with E-state index in [2.05, 4.69) is 32.9 Å². The number of rotatable bonds is 1. The molecule has 0 amide bonds. The first-order valence-electron chi connectivity index (χ1n) is 10.1. The summed E-state index contributed by atoms with van der Waals surface area (Å²) < 4.78 is 0. The summed E-state index contributed by atoms with van der Waals surface area (Å²) in [7, 11) is 0. The molecule has 3 saturated carbocycles. The standard InChI is InChI=1S/C22H34O2/c1-15-8-10-21(3)17(14-15)5-7-19-18-6-4-16(9-13-23)20(18,2)11-12-22(19,21)24/h5,9,15,18-19,23-24H,4,6-8,10-14H2,1-3H3/t15?,18-,19-,20+,21-,22+/m0/s1. The Bertz CT molecular complexity index is 591. The van der Waals surface area contributed by atoms with E-state index in [-0.39, 0.29) is 17.4 Å². The quantitative estimate of drug-likeness (QED) is 0.689. The van der Waals surface area contributed by atoms with Crippen LogP contribution < -0.4 is 0 Å². The Hall–Kier alpha value is -0.600. The summed E-state index contributed by atoms with van der Waals surface area (Å²) in [4.78, 5) is 0. The van der Waals surface area contributed by atoms with Gasteiger partial charge in [-0.15, -0.1) is 0 Å². The zero-order chi connectivity index (χ0) is 17.2. The fraction of sp³-hybridized carbons (Fsp3) is 0.818. The van der Waals surface area contributed by atoms with E-state index >= 15 is 0 Å². The van der Waals surface area contributed by atoms with Crippen LogP contribution >= 0.6 is 0 Å². The SMILES string of the molecule is CC1CC[C@@]2(C)C(=CC[C@H]3[C@@H]4CCC(=CCO)[C@@]4(C)CC[C@@]32O)C1. The maximum absolute atomic E-state index is 12.0. The minimum Gasteiger partial charge on any atom is -0.392 e. The fourth-order valence-corrected chi connectivity index (χ4v) is 7.07. The van der Waals surface area contributed by atoms with E-state index < -0.39 is 5.60 Å². The molecule has 0 aromatic rings. The second kappa shape index (κ2) is 5.45. The molecule has 0 spiro atoms. The van der Waals surface area contributed by atoms with E-state index in [0.717, 1.165) is 38.0 Å². The van der Waals surface area contributed by atoms with Gasteiger partial charge in [0.25, 0.3) is 0 Å². The molecule has 0 aliphatic heterocycles. The molecule has 24 heavy (non-hydrogen) atoms. The average Bonchev–Trinajstić information content (AvgIpc) is 2.87. The molecule has 2 N–H and O–H groups in total. The van der Waals surface area contributed by atoms with Gasteiger partial charge in [0.2, 0.25) is 0 Å². The summed E-state index contributed by atoms with van der Waals surface area (Å²) in [5.74, 6) is 1.73. The minimum atomic E-state index is -0.518. The molecule has 2 nitrogen and oxygen atoms in total. The van der Waals surface area contributed by atoms with Gasteiger partial charge in [-0.25, -0.2) is 0 Å². The van der Waals surface area contributed by atoms with Crippen LogP contribution in [0.1, 0.15) is 72.1 Å². The normalized spacial score (nSPS) is 52.5. The van der Waals surface area contributed by atoms with Crippen LogP contribution in [0.25, 0.3) is 0 Å². The molecule has 4 aliphatic rings. The first kappa shape index (κ1) is 16.8. The third-order valence-electron chi connectivity index (χ3n) is 8.73. The Morgan fingerprint density at radius 1 is 1.17 bits per heavy atom. The number of fused-ring (bicyclic) bond motifs is 5. The number of hydrogen-bond donors (Lipinski definition) is 2. The molecule has 6 atom stereocenters. The molecule has 0 radical (unpaired) electrons. The smallest absolute Gasteiger partial charge is 0.0772 e. The highest BCUT2D eigenvalue weighted by Gasteiger charge is 2.64. The molecule has 0 aromatic carbocycles. The Balaban J connectivity index is 1.73. The maximum atomic E-state index is 12.0. The van der Waals surface area contributed by atoms with Gasteiger partial charge in [0.05, 0.1) is 12.2 Å². The first-order valence-corrected chi connectivity index (χ1v) is 10.1. The van der Waals surface area contributed by atoms with Crippen LogP contribution in [-0.4, -0.2) is 22.4 Å². The number of allylic oxidation sites excluding steroid dienone is 2. The van der Waals surface area contributed by atoms with Gasteiger partial charge in [-0.2, -0.15) is 0 Å². The van der Waals surface area contributed by atoms with Crippen LogP contribution in [0.5, 0.6) is 0 Å². The van der Waals surface area contributed by atoms with Crippen LogP contribution in [0, 0.1) is 28.6 Å². The lowest BCUT2D eigenvalue weighted by Gasteiger charge is -2.62. The molecule has 0 aromatic heterocycles. The van der Waals surface area contributed by atoms with E-state index in [1.54, 1.807) is 5.57 Å². The Kier molecular flexibility index (Phi) is 3.82. The van der Waals surface area contributed by atoms with Crippen molar-refractivity contribution < 1.29 is 10.2 Å². The van der Waals surface area contributed by atoms with Crippen molar-refractivity contribution in [3.05, 3.63) is 23.3 Å². The van der Waals surface area contributed by atoms with E-state index in [4.69, 9.17) is 0 Å². The van der Waals surface area contributed by atoms with Crippen LogP contribution in [0.15, 0.2) is 23.3 Å². The van der Waals surface area contributed by atoms with Crippen molar-refractivity contribution in [1.29, 1.82) is 0 Å². The molecule has 0 bridgehead atoms. The summed E-state index contributed by atoms with van der Waals surface area (Å²) >= 11 is 0. The van der Waals surface area contributed by atoms with Gasteiger partial charge in [-0.05, 0) is 74.5 Å². The monoisotopic (exact) mass is 330 g/mol. The van der Waals surface area contributed by atoms with Crippen molar-refractivity contribution in [3.8, 4) is 0 Å². The predicted octanol–water partition coefficient (Wildman–Crippen LogP) is 4.62. The summed E-state index contributed by atoms with van der Waals surface area (Å²) in [6.07, 6.45) is 13.5. The second-order valence-corrected chi connectivity index (χ2v) is 9.65. The van der Waals surface area contributed by atoms with E-state index in [0.29, 0.717) is 11.8 Å². The van der Waals surface area contributed by atoms with Crippen molar-refractivity contribution in [3.63, 3.8) is 0 Å². The summed E-state index contributed by atoms with van der Waals surface area (Å²) in [6.45, 7) is 7.28. The van der Waals surface area contributed by atoms with E-state index in [1.807, 2.05) is 0 Å². The van der Waals surface area contributed by atoms with Gasteiger partial charge in [-0.1, -0.05) is 44.1 Å². The fourth-order valence-electron chi connectivity index (χ4n) is 7.07. The summed E-state index contributed by atoms with van der Waals surface area (Å²) in [5, 5.41) is 21.4. The molecule has 2 heteroatoms. The van der Waals surface area contributed by atoms with Gasteiger partial charge in [0, 0.05) is 5.41 Å². The van der Waals surface area contributed by atoms with Gasteiger partial charge in [0.1, 0.15) is 0 Å². The topological polar surface area (TPSA) is 40.5 Å². The highest BCUT2D eigenvalue weighted by atomic mass is 16.3. The molecule has 134 valence electrons. The summed E-state index contributed by atoms with van der Waals surface area (Å²) in [5.41, 5.74) is 2.67. The molecule has 0 saturated heterocycles. The van der Waals surface area contributed by atoms with Gasteiger partial charge in [0.15, 0.2) is 0 Å². The van der Waals surface area contributed by atoms with Crippen molar-refractivity contribution >= 4 is 0 Å². The van der Waals surface area contributed by atoms with E-state index in [1.165, 1.54) is 24.8 Å². The molecular weight excluding hydrogens is 296 g/mol. The number of aliphatic hydroxyl groups excluding tert-OH is 1. The molecule has 3 fully saturated rings. The maximum Gasteiger partial charge on any atom is 0.0772 e. The summed E-state index contributed by atoms with van der Waals surface area (Å²) in [6, 6.07) is 0. The lowest BCUT2D eigenvalue weighted by Crippen LogP contribution is -2.62. The zero-order valence-corrected chi connectivity index (χ0v) is 15.6. The highest BCUT2D eigenvalue weighted by Crippen LogP contribution is 2.67. The Morgan fingerprint density at radius 3 is 2.71 bits per heavy atom. The predicted molar refractivity (Wildman–Crippen MR) is 97.5 cm³/mol. The van der Waals surface area contributed by atoms with E-state index in [9.17, 15) is 10.2 Å². The molecule has 4 aliphatic carbocycles. The van der Waals surface area contributed by atoms with Crippen molar-refractivity contribution in [1.82, 2.24) is 0 Å². The third kappa shape index (κ3) is 2.02. The van der Waals surface area contributed by atoms with Crippen LogP contribution in [-0.2, 0) is 0 Å². The van der Waals surface area contributed by atoms with Crippen LogP contribution in [0.2, 0.25) is 0 Å².